The van der Waals surface area contributed by atoms with Gasteiger partial charge in [0.25, 0.3) is 5.69 Å². The Morgan fingerprint density at radius 3 is 2.67 bits per heavy atom. The number of halogens is 1. The van der Waals surface area contributed by atoms with E-state index in [0.717, 1.165) is 6.07 Å². The maximum atomic E-state index is 13.4. The van der Waals surface area contributed by atoms with E-state index < -0.39 is 44.0 Å². The van der Waals surface area contributed by atoms with Gasteiger partial charge in [-0.3, -0.25) is 10.1 Å². The van der Waals surface area contributed by atoms with Crippen molar-refractivity contribution < 1.29 is 22.8 Å². The van der Waals surface area contributed by atoms with Crippen LogP contribution in [0.1, 0.15) is 6.92 Å². The molecular weight excluding hydrogens is 267 g/mol. The van der Waals surface area contributed by atoms with Crippen LogP contribution in [0.15, 0.2) is 23.1 Å². The number of nitrogens with zero attached hydrogens (tertiary/aromatic N) is 1. The van der Waals surface area contributed by atoms with Crippen LogP contribution in [0, 0.1) is 15.9 Å². The lowest BCUT2D eigenvalue weighted by atomic mass is 10.3. The first-order valence-electron chi connectivity index (χ1n) is 4.85. The van der Waals surface area contributed by atoms with E-state index in [-0.39, 0.29) is 0 Å². The van der Waals surface area contributed by atoms with Crippen LogP contribution in [0.2, 0.25) is 0 Å². The molecule has 2 N–H and O–H groups in total. The number of hydrogen-bond acceptors (Lipinski definition) is 5. The topological polar surface area (TPSA) is 110 Å². The molecule has 0 aliphatic carbocycles. The minimum absolute atomic E-state index is 0.476. The van der Waals surface area contributed by atoms with Gasteiger partial charge in [-0.05, 0) is 13.0 Å². The van der Waals surface area contributed by atoms with E-state index >= 15 is 0 Å². The highest BCUT2D eigenvalue weighted by Gasteiger charge is 2.23. The molecule has 0 aromatic heterocycles. The van der Waals surface area contributed by atoms with Gasteiger partial charge in [-0.25, -0.2) is 17.5 Å². The number of nitro benzene ring substituents is 1. The molecule has 1 aromatic rings. The van der Waals surface area contributed by atoms with Crippen molar-refractivity contribution in [3.63, 3.8) is 0 Å². The summed E-state index contributed by atoms with van der Waals surface area (Å²) in [6.07, 6.45) is 0. The van der Waals surface area contributed by atoms with Crippen molar-refractivity contribution in [2.75, 3.05) is 6.61 Å². The largest absolute Gasteiger partial charge is 0.395 e. The first kappa shape index (κ1) is 14.5. The maximum absolute atomic E-state index is 13.4. The molecule has 0 spiro atoms. The van der Waals surface area contributed by atoms with Gasteiger partial charge < -0.3 is 5.11 Å². The molecule has 0 aliphatic rings. The van der Waals surface area contributed by atoms with Crippen molar-refractivity contribution in [1.29, 1.82) is 0 Å². The fourth-order valence-corrected chi connectivity index (χ4v) is 2.51. The molecule has 7 nitrogen and oxygen atoms in total. The SMILES string of the molecule is CC(CO)NS(=O)(=O)c1cc([N+](=O)[O-])ccc1F. The normalized spacial score (nSPS) is 13.3. The summed E-state index contributed by atoms with van der Waals surface area (Å²) in [6.45, 7) is 0.891. The monoisotopic (exact) mass is 278 g/mol. The van der Waals surface area contributed by atoms with Crippen LogP contribution in [0.5, 0.6) is 0 Å². The van der Waals surface area contributed by atoms with E-state index in [9.17, 15) is 22.9 Å². The first-order chi connectivity index (χ1) is 8.27. The molecule has 1 atom stereocenters. The second-order valence-electron chi connectivity index (χ2n) is 3.58. The van der Waals surface area contributed by atoms with Gasteiger partial charge >= 0.3 is 0 Å². The lowest BCUT2D eigenvalue weighted by Crippen LogP contribution is -2.35. The van der Waals surface area contributed by atoms with Crippen molar-refractivity contribution >= 4 is 15.7 Å². The zero-order valence-electron chi connectivity index (χ0n) is 9.33. The minimum Gasteiger partial charge on any atom is -0.395 e. The predicted octanol–water partition coefficient (Wildman–Crippen LogP) is 0.393. The van der Waals surface area contributed by atoms with Gasteiger partial charge in [-0.1, -0.05) is 0 Å². The third-order valence-corrected chi connectivity index (χ3v) is 3.65. The molecule has 0 radical (unpaired) electrons. The summed E-state index contributed by atoms with van der Waals surface area (Å²) in [7, 11) is -4.25. The summed E-state index contributed by atoms with van der Waals surface area (Å²) in [5, 5.41) is 19.2. The van der Waals surface area contributed by atoms with Gasteiger partial charge in [0.1, 0.15) is 10.7 Å². The van der Waals surface area contributed by atoms with Crippen LogP contribution < -0.4 is 4.72 Å². The van der Waals surface area contributed by atoms with Crippen LogP contribution in [-0.4, -0.2) is 31.1 Å². The number of hydrogen-bond donors (Lipinski definition) is 2. The number of sulfonamides is 1. The molecule has 0 saturated carbocycles. The summed E-state index contributed by atoms with van der Waals surface area (Å²) in [5.41, 5.74) is -0.534. The number of nitrogens with one attached hydrogen (secondary N) is 1. The number of benzene rings is 1. The molecule has 1 rings (SSSR count). The summed E-state index contributed by atoms with van der Waals surface area (Å²) >= 11 is 0. The molecule has 0 heterocycles. The third-order valence-electron chi connectivity index (χ3n) is 2.05. The highest BCUT2D eigenvalue weighted by Crippen LogP contribution is 2.21. The van der Waals surface area contributed by atoms with Crippen molar-refractivity contribution in [2.45, 2.75) is 17.9 Å². The Labute approximate surface area is 102 Å². The Morgan fingerprint density at radius 1 is 1.56 bits per heavy atom. The van der Waals surface area contributed by atoms with E-state index in [2.05, 4.69) is 0 Å². The Hall–Kier alpha value is -1.58. The van der Waals surface area contributed by atoms with Gasteiger partial charge in [0, 0.05) is 18.2 Å². The van der Waals surface area contributed by atoms with E-state index in [1.54, 1.807) is 0 Å². The van der Waals surface area contributed by atoms with E-state index in [1.807, 2.05) is 4.72 Å². The zero-order chi connectivity index (χ0) is 13.9. The van der Waals surface area contributed by atoms with Crippen molar-refractivity contribution in [3.8, 4) is 0 Å². The molecule has 0 fully saturated rings. The number of aliphatic hydroxyl groups excluding tert-OH is 1. The molecule has 100 valence electrons. The molecule has 0 bridgehead atoms. The molecule has 0 saturated heterocycles. The average molecular weight is 278 g/mol. The van der Waals surface area contributed by atoms with E-state index in [1.165, 1.54) is 6.92 Å². The van der Waals surface area contributed by atoms with Crippen molar-refractivity contribution in [3.05, 3.63) is 34.1 Å². The fourth-order valence-electron chi connectivity index (χ4n) is 1.18. The molecule has 0 aliphatic heterocycles. The average Bonchev–Trinajstić information content (AvgIpc) is 2.28. The fraction of sp³-hybridized carbons (Fsp3) is 0.333. The maximum Gasteiger partial charge on any atom is 0.270 e. The molecular formula is C9H11FN2O5S. The number of non-ortho nitro benzene ring substituents is 1. The Kier molecular flexibility index (Phi) is 4.33. The lowest BCUT2D eigenvalue weighted by molar-refractivity contribution is -0.385. The number of rotatable bonds is 5. The highest BCUT2D eigenvalue weighted by molar-refractivity contribution is 7.89. The lowest BCUT2D eigenvalue weighted by Gasteiger charge is -2.11. The summed E-state index contributed by atoms with van der Waals surface area (Å²) in [5.74, 6) is -1.10. The first-order valence-corrected chi connectivity index (χ1v) is 6.33. The van der Waals surface area contributed by atoms with E-state index in [0.29, 0.717) is 12.1 Å². The van der Waals surface area contributed by atoms with Crippen molar-refractivity contribution in [2.24, 2.45) is 0 Å². The molecule has 1 unspecified atom stereocenters. The van der Waals surface area contributed by atoms with Crippen LogP contribution in [0.4, 0.5) is 10.1 Å². The zero-order valence-corrected chi connectivity index (χ0v) is 10.1. The number of nitro groups is 1. The van der Waals surface area contributed by atoms with Crippen LogP contribution >= 0.6 is 0 Å². The molecule has 1 aromatic carbocycles. The van der Waals surface area contributed by atoms with Crippen LogP contribution in [0.3, 0.4) is 0 Å². The van der Waals surface area contributed by atoms with E-state index in [4.69, 9.17) is 5.11 Å². The number of aliphatic hydroxyl groups is 1. The predicted molar refractivity (Wildman–Crippen MR) is 59.9 cm³/mol. The smallest absolute Gasteiger partial charge is 0.270 e. The third kappa shape index (κ3) is 3.22. The van der Waals surface area contributed by atoms with Crippen LogP contribution in [0.25, 0.3) is 0 Å². The van der Waals surface area contributed by atoms with Gasteiger partial charge in [-0.2, -0.15) is 0 Å². The van der Waals surface area contributed by atoms with Crippen molar-refractivity contribution in [1.82, 2.24) is 4.72 Å². The Balaban J connectivity index is 3.23. The molecule has 9 heteroatoms. The quantitative estimate of drug-likeness (QED) is 0.598. The van der Waals surface area contributed by atoms with Crippen LogP contribution in [-0.2, 0) is 10.0 Å². The van der Waals surface area contributed by atoms with Gasteiger partial charge in [0.05, 0.1) is 11.5 Å². The standard InChI is InChI=1S/C9H11FN2O5S/c1-6(5-13)11-18(16,17)9-4-7(12(14)15)2-3-8(9)10/h2-4,6,11,13H,5H2,1H3. The Morgan fingerprint density at radius 2 is 2.17 bits per heavy atom. The summed E-state index contributed by atoms with van der Waals surface area (Å²) < 4.78 is 38.8. The van der Waals surface area contributed by atoms with Gasteiger partial charge in [0.15, 0.2) is 0 Å². The summed E-state index contributed by atoms with van der Waals surface area (Å²) in [6, 6.07) is 1.37. The minimum atomic E-state index is -4.25. The second-order valence-corrected chi connectivity index (χ2v) is 5.26. The van der Waals surface area contributed by atoms with Gasteiger partial charge in [-0.15, -0.1) is 0 Å². The Bertz CT molecular complexity index is 560. The molecule has 0 amide bonds. The second kappa shape index (κ2) is 5.38. The highest BCUT2D eigenvalue weighted by atomic mass is 32.2. The van der Waals surface area contributed by atoms with Gasteiger partial charge in [0.2, 0.25) is 10.0 Å². The summed E-state index contributed by atoms with van der Waals surface area (Å²) in [4.78, 5) is 8.85. The molecule has 18 heavy (non-hydrogen) atoms.